The minimum atomic E-state index is -4.03. The first-order valence-corrected chi connectivity index (χ1v) is 11.8. The van der Waals surface area contributed by atoms with Gasteiger partial charge in [0.2, 0.25) is 0 Å². The van der Waals surface area contributed by atoms with Gasteiger partial charge in [0, 0.05) is 6.42 Å². The Balaban J connectivity index is 1.49. The maximum absolute atomic E-state index is 13.3. The molecule has 0 aromatic rings. The lowest BCUT2D eigenvalue weighted by Gasteiger charge is -2.61. The standard InChI is InChI=1S/C24H37F3O2/c1-4-29-21(28)14-16-6-8-19-18-7-5-15-13-17(24(25,26)27)9-11-22(15,2)20(18)10-12-23(16,19)3/h15-20H,4-14H2,1-3H3/t15?,16?,17?,18?,19?,20?,22?,23-/m1/s1. The number of ether oxygens (including phenoxy) is 1. The van der Waals surface area contributed by atoms with Crippen LogP contribution in [0.5, 0.6) is 0 Å². The second-order valence-electron chi connectivity index (χ2n) is 11.0. The van der Waals surface area contributed by atoms with E-state index in [9.17, 15) is 18.0 Å². The molecule has 0 bridgehead atoms. The molecule has 4 rings (SSSR count). The van der Waals surface area contributed by atoms with Crippen LogP contribution in [0.3, 0.4) is 0 Å². The topological polar surface area (TPSA) is 26.3 Å². The van der Waals surface area contributed by atoms with Crippen LogP contribution in [-0.4, -0.2) is 18.8 Å². The molecule has 0 heterocycles. The number of rotatable bonds is 3. The van der Waals surface area contributed by atoms with Crippen LogP contribution in [0.1, 0.15) is 85.0 Å². The van der Waals surface area contributed by atoms with E-state index in [2.05, 4.69) is 13.8 Å². The van der Waals surface area contributed by atoms with Gasteiger partial charge >= 0.3 is 12.1 Å². The highest BCUT2D eigenvalue weighted by Gasteiger charge is 2.61. The lowest BCUT2D eigenvalue weighted by molar-refractivity contribution is -0.208. The molecule has 0 aromatic carbocycles. The van der Waals surface area contributed by atoms with Crippen molar-refractivity contribution >= 4 is 5.97 Å². The first-order valence-electron chi connectivity index (χ1n) is 11.8. The summed E-state index contributed by atoms with van der Waals surface area (Å²) in [6, 6.07) is 0. The first-order chi connectivity index (χ1) is 13.6. The normalized spacial score (nSPS) is 47.1. The van der Waals surface area contributed by atoms with E-state index >= 15 is 0 Å². The molecule has 0 aliphatic heterocycles. The van der Waals surface area contributed by atoms with E-state index in [1.807, 2.05) is 6.92 Å². The first kappa shape index (κ1) is 21.5. The van der Waals surface area contributed by atoms with Gasteiger partial charge in [0.25, 0.3) is 0 Å². The number of hydrogen-bond acceptors (Lipinski definition) is 2. The van der Waals surface area contributed by atoms with Crippen LogP contribution in [0.4, 0.5) is 13.2 Å². The Morgan fingerprint density at radius 3 is 2.34 bits per heavy atom. The number of carbonyl (C=O) groups excluding carboxylic acids is 1. The van der Waals surface area contributed by atoms with E-state index in [0.29, 0.717) is 49.5 Å². The van der Waals surface area contributed by atoms with E-state index in [1.54, 1.807) is 0 Å². The number of halogens is 3. The smallest absolute Gasteiger partial charge is 0.391 e. The van der Waals surface area contributed by atoms with E-state index in [-0.39, 0.29) is 22.7 Å². The van der Waals surface area contributed by atoms with Gasteiger partial charge in [-0.3, -0.25) is 4.79 Å². The summed E-state index contributed by atoms with van der Waals surface area (Å²) in [5.74, 6) is 1.29. The van der Waals surface area contributed by atoms with Crippen LogP contribution in [0.25, 0.3) is 0 Å². The largest absolute Gasteiger partial charge is 0.466 e. The van der Waals surface area contributed by atoms with Crippen molar-refractivity contribution < 1.29 is 22.7 Å². The molecule has 0 radical (unpaired) electrons. The number of carbonyl (C=O) groups is 1. The predicted molar refractivity (Wildman–Crippen MR) is 106 cm³/mol. The van der Waals surface area contributed by atoms with Gasteiger partial charge in [-0.2, -0.15) is 13.2 Å². The molecule has 5 heteroatoms. The second kappa shape index (κ2) is 7.44. The zero-order valence-electron chi connectivity index (χ0n) is 18.2. The van der Waals surface area contributed by atoms with Gasteiger partial charge in [-0.1, -0.05) is 13.8 Å². The maximum Gasteiger partial charge on any atom is 0.391 e. The molecule has 2 nitrogen and oxygen atoms in total. The molecule has 4 aliphatic carbocycles. The van der Waals surface area contributed by atoms with E-state index in [0.717, 1.165) is 38.5 Å². The van der Waals surface area contributed by atoms with Crippen molar-refractivity contribution in [1.29, 1.82) is 0 Å². The van der Waals surface area contributed by atoms with Gasteiger partial charge < -0.3 is 4.74 Å². The third-order valence-corrected chi connectivity index (χ3v) is 10.0. The summed E-state index contributed by atoms with van der Waals surface area (Å²) in [6.45, 7) is 7.00. The van der Waals surface area contributed by atoms with Crippen molar-refractivity contribution in [1.82, 2.24) is 0 Å². The van der Waals surface area contributed by atoms with Crippen LogP contribution in [-0.2, 0) is 9.53 Å². The van der Waals surface area contributed by atoms with Gasteiger partial charge in [-0.15, -0.1) is 0 Å². The number of esters is 1. The highest BCUT2D eigenvalue weighted by Crippen LogP contribution is 2.68. The Morgan fingerprint density at radius 1 is 0.966 bits per heavy atom. The predicted octanol–water partition coefficient (Wildman–Crippen LogP) is 6.78. The SMILES string of the molecule is CCOC(=O)CC1CCC2C3CCC4CC(C(F)(F)F)CCC4(C)C3CC[C@]12C. The molecule has 0 saturated heterocycles. The summed E-state index contributed by atoms with van der Waals surface area (Å²) in [5.41, 5.74) is 0.269. The molecule has 0 spiro atoms. The summed E-state index contributed by atoms with van der Waals surface area (Å²) in [6.07, 6.45) is 4.45. The highest BCUT2D eigenvalue weighted by molar-refractivity contribution is 5.69. The average Bonchev–Trinajstić information content (AvgIpc) is 2.97. The van der Waals surface area contributed by atoms with Crippen molar-refractivity contribution in [3.63, 3.8) is 0 Å². The Labute approximate surface area is 173 Å². The Hall–Kier alpha value is -0.740. The van der Waals surface area contributed by atoms with Gasteiger partial charge in [0.1, 0.15) is 0 Å². The van der Waals surface area contributed by atoms with Gasteiger partial charge in [-0.25, -0.2) is 0 Å². The number of alkyl halides is 3. The molecule has 166 valence electrons. The summed E-state index contributed by atoms with van der Waals surface area (Å²) >= 11 is 0. The summed E-state index contributed by atoms with van der Waals surface area (Å²) in [5, 5.41) is 0. The molecule has 0 amide bonds. The summed E-state index contributed by atoms with van der Waals surface area (Å²) < 4.78 is 45.3. The van der Waals surface area contributed by atoms with Crippen LogP contribution in [0, 0.1) is 46.3 Å². The molecule has 0 aromatic heterocycles. The molecule has 29 heavy (non-hydrogen) atoms. The summed E-state index contributed by atoms with van der Waals surface area (Å²) in [7, 11) is 0. The van der Waals surface area contributed by atoms with Crippen LogP contribution in [0.2, 0.25) is 0 Å². The minimum Gasteiger partial charge on any atom is -0.466 e. The molecular weight excluding hydrogens is 377 g/mol. The molecule has 8 atom stereocenters. The number of fused-ring (bicyclic) bond motifs is 5. The maximum atomic E-state index is 13.3. The number of hydrogen-bond donors (Lipinski definition) is 0. The van der Waals surface area contributed by atoms with Crippen molar-refractivity contribution in [3.8, 4) is 0 Å². The molecule has 4 aliphatic rings. The minimum absolute atomic E-state index is 0.0670. The van der Waals surface area contributed by atoms with Crippen molar-refractivity contribution in [2.45, 2.75) is 91.2 Å². The fraction of sp³-hybridized carbons (Fsp3) is 0.958. The Morgan fingerprint density at radius 2 is 1.66 bits per heavy atom. The van der Waals surface area contributed by atoms with E-state index in [1.165, 1.54) is 6.42 Å². The quantitative estimate of drug-likeness (QED) is 0.476. The van der Waals surface area contributed by atoms with Crippen molar-refractivity contribution in [2.24, 2.45) is 46.3 Å². The third-order valence-electron chi connectivity index (χ3n) is 10.0. The van der Waals surface area contributed by atoms with Crippen molar-refractivity contribution in [3.05, 3.63) is 0 Å². The molecular formula is C24H37F3O2. The molecule has 4 fully saturated rings. The Bertz CT molecular complexity index is 632. The second-order valence-corrected chi connectivity index (χ2v) is 11.0. The van der Waals surface area contributed by atoms with Gasteiger partial charge in [0.15, 0.2) is 0 Å². The fourth-order valence-corrected chi connectivity index (χ4v) is 8.42. The Kier molecular flexibility index (Phi) is 5.51. The monoisotopic (exact) mass is 414 g/mol. The summed E-state index contributed by atoms with van der Waals surface area (Å²) in [4.78, 5) is 12.1. The van der Waals surface area contributed by atoms with Crippen LogP contribution >= 0.6 is 0 Å². The van der Waals surface area contributed by atoms with Crippen LogP contribution in [0.15, 0.2) is 0 Å². The van der Waals surface area contributed by atoms with Gasteiger partial charge in [-0.05, 0) is 105 Å². The zero-order chi connectivity index (χ0) is 21.0. The lowest BCUT2D eigenvalue weighted by atomic mass is 9.44. The zero-order valence-corrected chi connectivity index (χ0v) is 18.2. The van der Waals surface area contributed by atoms with Crippen LogP contribution < -0.4 is 0 Å². The third kappa shape index (κ3) is 3.52. The fourth-order valence-electron chi connectivity index (χ4n) is 8.42. The molecule has 7 unspecified atom stereocenters. The van der Waals surface area contributed by atoms with Gasteiger partial charge in [0.05, 0.1) is 12.5 Å². The molecule has 0 N–H and O–H groups in total. The average molecular weight is 415 g/mol. The van der Waals surface area contributed by atoms with E-state index < -0.39 is 12.1 Å². The lowest BCUT2D eigenvalue weighted by Crippen LogP contribution is -2.54. The highest BCUT2D eigenvalue weighted by atomic mass is 19.4. The van der Waals surface area contributed by atoms with E-state index in [4.69, 9.17) is 4.74 Å². The van der Waals surface area contributed by atoms with Crippen molar-refractivity contribution in [2.75, 3.05) is 6.61 Å². The molecule has 4 saturated carbocycles.